The summed E-state index contributed by atoms with van der Waals surface area (Å²) in [6.45, 7) is 8.54. The lowest BCUT2D eigenvalue weighted by Gasteiger charge is -2.28. The van der Waals surface area contributed by atoms with Gasteiger partial charge in [-0.1, -0.05) is 53.4 Å². The van der Waals surface area contributed by atoms with E-state index in [0.29, 0.717) is 23.9 Å². The summed E-state index contributed by atoms with van der Waals surface area (Å²) in [6, 6.07) is 0. The molecule has 24 heavy (non-hydrogen) atoms. The van der Waals surface area contributed by atoms with Crippen molar-refractivity contribution in [2.75, 3.05) is 0 Å². The molecule has 2 nitrogen and oxygen atoms in total. The highest BCUT2D eigenvalue weighted by atomic mass is 16.1. The number of hydrogen-bond donors (Lipinski definition) is 0. The van der Waals surface area contributed by atoms with Crippen molar-refractivity contribution in [2.24, 2.45) is 23.7 Å². The van der Waals surface area contributed by atoms with Gasteiger partial charge in [-0.05, 0) is 50.4 Å². The first-order chi connectivity index (χ1) is 11.4. The van der Waals surface area contributed by atoms with Crippen molar-refractivity contribution in [1.29, 1.82) is 0 Å². The molecule has 0 aromatic carbocycles. The van der Waals surface area contributed by atoms with E-state index in [1.54, 1.807) is 0 Å². The van der Waals surface area contributed by atoms with E-state index in [1.807, 2.05) is 13.8 Å². The van der Waals surface area contributed by atoms with E-state index in [0.717, 1.165) is 56.8 Å². The van der Waals surface area contributed by atoms with Crippen LogP contribution in [0.5, 0.6) is 0 Å². The minimum absolute atomic E-state index is 0.169. The first-order valence-corrected chi connectivity index (χ1v) is 10.5. The molecule has 0 heterocycles. The molecule has 0 amide bonds. The highest BCUT2D eigenvalue weighted by molar-refractivity contribution is 5.81. The van der Waals surface area contributed by atoms with Crippen LogP contribution in [0.15, 0.2) is 0 Å². The molecule has 0 bridgehead atoms. The quantitative estimate of drug-likeness (QED) is 0.388. The number of unbranched alkanes of at least 4 members (excludes halogenated alkanes) is 3. The Balaban J connectivity index is 2.05. The molecule has 0 N–H and O–H groups in total. The topological polar surface area (TPSA) is 34.1 Å². The van der Waals surface area contributed by atoms with Crippen LogP contribution in [0.4, 0.5) is 0 Å². The Hall–Kier alpha value is -0.660. The monoisotopic (exact) mass is 336 g/mol. The summed E-state index contributed by atoms with van der Waals surface area (Å²) in [5.41, 5.74) is 0. The Morgan fingerprint density at radius 3 is 1.96 bits per heavy atom. The summed E-state index contributed by atoms with van der Waals surface area (Å²) >= 11 is 0. The van der Waals surface area contributed by atoms with Crippen molar-refractivity contribution in [3.8, 4) is 0 Å². The van der Waals surface area contributed by atoms with Crippen LogP contribution in [0, 0.1) is 23.7 Å². The van der Waals surface area contributed by atoms with Gasteiger partial charge in [0.1, 0.15) is 11.6 Å². The number of Topliss-reactive ketones (excluding diaryl/α,β-unsaturated/α-hetero) is 2. The molecule has 0 radical (unpaired) electrons. The lowest BCUT2D eigenvalue weighted by atomic mass is 9.77. The van der Waals surface area contributed by atoms with E-state index in [2.05, 4.69) is 13.8 Å². The summed E-state index contributed by atoms with van der Waals surface area (Å²) in [7, 11) is 0. The Morgan fingerprint density at radius 2 is 1.42 bits per heavy atom. The van der Waals surface area contributed by atoms with Gasteiger partial charge in [0.15, 0.2) is 0 Å². The highest BCUT2D eigenvalue weighted by Gasteiger charge is 2.25. The lowest BCUT2D eigenvalue weighted by Crippen LogP contribution is -2.22. The van der Waals surface area contributed by atoms with Crippen LogP contribution in [0.1, 0.15) is 105 Å². The van der Waals surface area contributed by atoms with Crippen molar-refractivity contribution >= 4 is 11.6 Å². The summed E-state index contributed by atoms with van der Waals surface area (Å²) < 4.78 is 0. The Morgan fingerprint density at radius 1 is 0.833 bits per heavy atom. The number of carbonyl (C=O) groups excluding carboxylic acids is 2. The third-order valence-electron chi connectivity index (χ3n) is 5.69. The van der Waals surface area contributed by atoms with Crippen molar-refractivity contribution in [2.45, 2.75) is 105 Å². The second kappa shape index (κ2) is 11.8. The summed E-state index contributed by atoms with van der Waals surface area (Å²) in [5, 5.41) is 0. The van der Waals surface area contributed by atoms with E-state index < -0.39 is 0 Å². The van der Waals surface area contributed by atoms with Gasteiger partial charge in [-0.15, -0.1) is 0 Å². The van der Waals surface area contributed by atoms with Crippen molar-refractivity contribution in [3.05, 3.63) is 0 Å². The average molecular weight is 337 g/mol. The molecule has 0 aromatic rings. The minimum atomic E-state index is 0.169. The van der Waals surface area contributed by atoms with E-state index >= 15 is 0 Å². The molecule has 1 aliphatic carbocycles. The number of carbonyl (C=O) groups is 2. The van der Waals surface area contributed by atoms with Crippen LogP contribution in [0.3, 0.4) is 0 Å². The Bertz CT molecular complexity index is 362. The first kappa shape index (κ1) is 21.4. The molecule has 2 heteroatoms. The second-order valence-corrected chi connectivity index (χ2v) is 8.69. The molecular formula is C22H40O2. The molecule has 1 rings (SSSR count). The zero-order valence-corrected chi connectivity index (χ0v) is 16.6. The zero-order valence-electron chi connectivity index (χ0n) is 16.6. The van der Waals surface area contributed by atoms with Crippen LogP contribution in [-0.4, -0.2) is 11.6 Å². The summed E-state index contributed by atoms with van der Waals surface area (Å²) in [4.78, 5) is 23.9. The maximum atomic E-state index is 12.3. The smallest absolute Gasteiger partial charge is 0.135 e. The Kier molecular flexibility index (Phi) is 10.5. The van der Waals surface area contributed by atoms with E-state index in [9.17, 15) is 9.59 Å². The summed E-state index contributed by atoms with van der Waals surface area (Å²) in [6.07, 6.45) is 13.2. The van der Waals surface area contributed by atoms with Gasteiger partial charge in [-0.3, -0.25) is 9.59 Å². The fraction of sp³-hybridized carbons (Fsp3) is 0.909. The van der Waals surface area contributed by atoms with Gasteiger partial charge in [0.2, 0.25) is 0 Å². The van der Waals surface area contributed by atoms with Crippen molar-refractivity contribution in [1.82, 2.24) is 0 Å². The van der Waals surface area contributed by atoms with Gasteiger partial charge in [0, 0.05) is 24.7 Å². The van der Waals surface area contributed by atoms with E-state index in [4.69, 9.17) is 0 Å². The second-order valence-electron chi connectivity index (χ2n) is 8.69. The first-order valence-electron chi connectivity index (χ1n) is 10.5. The molecule has 1 aliphatic rings. The third-order valence-corrected chi connectivity index (χ3v) is 5.69. The van der Waals surface area contributed by atoms with Crippen molar-refractivity contribution < 1.29 is 9.59 Å². The fourth-order valence-corrected chi connectivity index (χ4v) is 3.79. The van der Waals surface area contributed by atoms with Gasteiger partial charge in [-0.25, -0.2) is 0 Å². The molecule has 0 saturated heterocycles. The molecule has 1 fully saturated rings. The lowest BCUT2D eigenvalue weighted by molar-refractivity contribution is -0.124. The van der Waals surface area contributed by atoms with Gasteiger partial charge < -0.3 is 0 Å². The molecular weight excluding hydrogens is 296 g/mol. The van der Waals surface area contributed by atoms with Crippen LogP contribution in [0.2, 0.25) is 0 Å². The normalized spacial score (nSPS) is 21.4. The predicted molar refractivity (Wildman–Crippen MR) is 102 cm³/mol. The summed E-state index contributed by atoms with van der Waals surface area (Å²) in [5.74, 6) is 3.08. The van der Waals surface area contributed by atoms with Gasteiger partial charge >= 0.3 is 0 Å². The highest BCUT2D eigenvalue weighted by Crippen LogP contribution is 2.33. The largest absolute Gasteiger partial charge is 0.299 e. The Labute approximate surface area is 150 Å². The predicted octanol–water partition coefficient (Wildman–Crippen LogP) is 6.36. The standard InChI is InChI=1S/C22H40O2/c1-17(2)11-12-19-13-15-20(16-14-19)22(24)10-8-6-5-7-9-21(23)18(3)4/h17-20H,5-16H2,1-4H3. The van der Waals surface area contributed by atoms with Crippen LogP contribution in [0.25, 0.3) is 0 Å². The maximum Gasteiger partial charge on any atom is 0.135 e. The maximum absolute atomic E-state index is 12.3. The van der Waals surface area contributed by atoms with Crippen LogP contribution in [-0.2, 0) is 9.59 Å². The van der Waals surface area contributed by atoms with Gasteiger partial charge in [-0.2, -0.15) is 0 Å². The molecule has 0 spiro atoms. The SMILES string of the molecule is CC(C)CCC1CCC(C(=O)CCCCCCC(=O)C(C)C)CC1. The number of hydrogen-bond acceptors (Lipinski definition) is 2. The number of ketones is 2. The molecule has 0 unspecified atom stereocenters. The number of rotatable bonds is 12. The minimum Gasteiger partial charge on any atom is -0.299 e. The van der Waals surface area contributed by atoms with Gasteiger partial charge in [0.05, 0.1) is 0 Å². The molecule has 0 aliphatic heterocycles. The molecule has 0 atom stereocenters. The molecule has 1 saturated carbocycles. The van der Waals surface area contributed by atoms with Crippen LogP contribution < -0.4 is 0 Å². The van der Waals surface area contributed by atoms with Crippen LogP contribution >= 0.6 is 0 Å². The zero-order chi connectivity index (χ0) is 17.9. The van der Waals surface area contributed by atoms with Crippen molar-refractivity contribution in [3.63, 3.8) is 0 Å². The van der Waals surface area contributed by atoms with Gasteiger partial charge in [0.25, 0.3) is 0 Å². The average Bonchev–Trinajstić information content (AvgIpc) is 2.55. The third kappa shape index (κ3) is 8.99. The molecule has 140 valence electrons. The fourth-order valence-electron chi connectivity index (χ4n) is 3.79. The van der Waals surface area contributed by atoms with E-state index in [1.165, 1.54) is 25.7 Å². The molecule has 0 aromatic heterocycles. The van der Waals surface area contributed by atoms with E-state index in [-0.39, 0.29) is 5.92 Å².